The topological polar surface area (TPSA) is 84.4 Å². The van der Waals surface area contributed by atoms with Gasteiger partial charge in [0.1, 0.15) is 5.82 Å². The summed E-state index contributed by atoms with van der Waals surface area (Å²) in [7, 11) is 1.65. The molecule has 0 atom stereocenters. The van der Waals surface area contributed by atoms with Gasteiger partial charge in [-0.2, -0.15) is 4.98 Å². The van der Waals surface area contributed by atoms with Crippen molar-refractivity contribution < 1.29 is 9.47 Å². The van der Waals surface area contributed by atoms with Gasteiger partial charge >= 0.3 is 0 Å². The van der Waals surface area contributed by atoms with E-state index in [0.29, 0.717) is 24.1 Å². The van der Waals surface area contributed by atoms with Crippen molar-refractivity contribution in [2.75, 3.05) is 44.0 Å². The maximum atomic E-state index is 6.02. The van der Waals surface area contributed by atoms with Crippen LogP contribution >= 0.6 is 0 Å². The van der Waals surface area contributed by atoms with Crippen LogP contribution in [0.1, 0.15) is 25.7 Å². The van der Waals surface area contributed by atoms with Crippen LogP contribution < -0.4 is 20.1 Å². The van der Waals surface area contributed by atoms with Gasteiger partial charge in [0.15, 0.2) is 11.5 Å². The first-order valence-corrected chi connectivity index (χ1v) is 12.5. The molecule has 8 heteroatoms. The summed E-state index contributed by atoms with van der Waals surface area (Å²) >= 11 is 0. The number of aromatic nitrogens is 3. The van der Waals surface area contributed by atoms with Crippen molar-refractivity contribution in [3.63, 3.8) is 0 Å². The summed E-state index contributed by atoms with van der Waals surface area (Å²) in [4.78, 5) is 15.7. The Bertz CT molecular complexity index is 1290. The monoisotopic (exact) mass is 484 g/mol. The molecule has 2 aromatic heterocycles. The molecule has 0 unspecified atom stereocenters. The molecule has 1 fully saturated rings. The number of pyridine rings is 1. The van der Waals surface area contributed by atoms with Crippen LogP contribution in [0.4, 0.5) is 23.1 Å². The molecule has 8 nitrogen and oxygen atoms in total. The molecule has 1 aliphatic rings. The second-order valence-electron chi connectivity index (χ2n) is 8.92. The van der Waals surface area contributed by atoms with Crippen LogP contribution in [0.25, 0.3) is 10.8 Å². The molecule has 0 amide bonds. The minimum Gasteiger partial charge on any atom is -0.493 e. The Labute approximate surface area is 211 Å². The van der Waals surface area contributed by atoms with E-state index in [1.165, 1.54) is 32.4 Å². The Balaban J connectivity index is 1.19. The quantitative estimate of drug-likeness (QED) is 0.274. The predicted octanol–water partition coefficient (Wildman–Crippen LogP) is 5.78. The van der Waals surface area contributed by atoms with Gasteiger partial charge in [-0.3, -0.25) is 4.98 Å². The molecular formula is C28H32N6O2. The summed E-state index contributed by atoms with van der Waals surface area (Å²) in [6, 6.07) is 15.7. The molecule has 0 saturated carbocycles. The standard InChI is InChI=1S/C28H32N6O2/c1-35-26-19-24(8-9-25(26)36-17-5-16-34-14-3-2-4-15-34)32-28-30-13-11-27(33-28)31-23-7-6-22-20-29-12-10-21(22)18-23/h6-13,18-20H,2-5,14-17H2,1H3,(H2,30,31,32,33). The van der Waals surface area contributed by atoms with Gasteiger partial charge in [0.05, 0.1) is 13.7 Å². The maximum Gasteiger partial charge on any atom is 0.229 e. The molecule has 2 aromatic carbocycles. The molecule has 5 rings (SSSR count). The number of anilines is 4. The van der Waals surface area contributed by atoms with Gasteiger partial charge in [-0.1, -0.05) is 12.5 Å². The fourth-order valence-corrected chi connectivity index (χ4v) is 4.44. The van der Waals surface area contributed by atoms with Gasteiger partial charge in [-0.15, -0.1) is 0 Å². The van der Waals surface area contributed by atoms with E-state index in [2.05, 4.69) is 36.6 Å². The number of benzene rings is 2. The average Bonchev–Trinajstić information content (AvgIpc) is 2.92. The summed E-state index contributed by atoms with van der Waals surface area (Å²) in [5.74, 6) is 2.60. The molecule has 0 radical (unpaired) electrons. The third kappa shape index (κ3) is 6.20. The van der Waals surface area contributed by atoms with E-state index in [9.17, 15) is 0 Å². The van der Waals surface area contributed by atoms with Crippen LogP contribution in [0.3, 0.4) is 0 Å². The zero-order valence-electron chi connectivity index (χ0n) is 20.6. The SMILES string of the molecule is COc1cc(Nc2nccc(Nc3ccc4cnccc4c3)n2)ccc1OCCCN1CCCCC1. The van der Waals surface area contributed by atoms with E-state index in [0.717, 1.165) is 40.9 Å². The molecule has 3 heterocycles. The molecule has 2 N–H and O–H groups in total. The number of fused-ring (bicyclic) bond motifs is 1. The lowest BCUT2D eigenvalue weighted by Crippen LogP contribution is -2.31. The highest BCUT2D eigenvalue weighted by molar-refractivity contribution is 5.85. The number of hydrogen-bond acceptors (Lipinski definition) is 8. The fraction of sp³-hybridized carbons (Fsp3) is 0.321. The summed E-state index contributed by atoms with van der Waals surface area (Å²) in [6.07, 6.45) is 10.4. The number of piperidine rings is 1. The molecule has 1 aliphatic heterocycles. The zero-order chi connectivity index (χ0) is 24.6. The van der Waals surface area contributed by atoms with Crippen molar-refractivity contribution in [3.8, 4) is 11.5 Å². The third-order valence-electron chi connectivity index (χ3n) is 6.31. The number of likely N-dealkylation sites (tertiary alicyclic amines) is 1. The molecule has 186 valence electrons. The number of methoxy groups -OCH3 is 1. The molecule has 0 aliphatic carbocycles. The van der Waals surface area contributed by atoms with E-state index in [4.69, 9.17) is 9.47 Å². The Kier molecular flexibility index (Phi) is 7.73. The lowest BCUT2D eigenvalue weighted by Gasteiger charge is -2.26. The average molecular weight is 485 g/mol. The number of nitrogens with zero attached hydrogens (tertiary/aromatic N) is 4. The van der Waals surface area contributed by atoms with E-state index >= 15 is 0 Å². The lowest BCUT2D eigenvalue weighted by molar-refractivity contribution is 0.203. The minimum atomic E-state index is 0.488. The van der Waals surface area contributed by atoms with Crippen molar-refractivity contribution in [3.05, 3.63) is 67.1 Å². The van der Waals surface area contributed by atoms with Crippen molar-refractivity contribution in [1.29, 1.82) is 0 Å². The minimum absolute atomic E-state index is 0.488. The Morgan fingerprint density at radius 1 is 0.861 bits per heavy atom. The maximum absolute atomic E-state index is 6.02. The second kappa shape index (κ2) is 11.7. The van der Waals surface area contributed by atoms with Crippen LogP contribution in [0.15, 0.2) is 67.1 Å². The molecule has 0 bridgehead atoms. The van der Waals surface area contributed by atoms with Crippen molar-refractivity contribution in [2.45, 2.75) is 25.7 Å². The summed E-state index contributed by atoms with van der Waals surface area (Å²) in [5.41, 5.74) is 1.77. The van der Waals surface area contributed by atoms with Crippen LogP contribution in [0.2, 0.25) is 0 Å². The first-order valence-electron chi connectivity index (χ1n) is 12.5. The van der Waals surface area contributed by atoms with Gasteiger partial charge in [-0.25, -0.2) is 4.98 Å². The van der Waals surface area contributed by atoms with Crippen molar-refractivity contribution in [2.24, 2.45) is 0 Å². The van der Waals surface area contributed by atoms with Crippen LogP contribution in [-0.2, 0) is 0 Å². The van der Waals surface area contributed by atoms with E-state index in [1.54, 1.807) is 19.5 Å². The van der Waals surface area contributed by atoms with Crippen molar-refractivity contribution in [1.82, 2.24) is 19.9 Å². The summed E-state index contributed by atoms with van der Waals surface area (Å²) in [5, 5.41) is 8.81. The molecular weight excluding hydrogens is 452 g/mol. The molecule has 36 heavy (non-hydrogen) atoms. The summed E-state index contributed by atoms with van der Waals surface area (Å²) < 4.78 is 11.6. The Morgan fingerprint density at radius 3 is 2.61 bits per heavy atom. The lowest BCUT2D eigenvalue weighted by atomic mass is 10.1. The van der Waals surface area contributed by atoms with Crippen LogP contribution in [0, 0.1) is 0 Å². The highest BCUT2D eigenvalue weighted by Crippen LogP contribution is 2.31. The fourth-order valence-electron chi connectivity index (χ4n) is 4.44. The van der Waals surface area contributed by atoms with E-state index in [1.807, 2.05) is 48.7 Å². The molecule has 1 saturated heterocycles. The Morgan fingerprint density at radius 2 is 1.72 bits per heavy atom. The van der Waals surface area contributed by atoms with Gasteiger partial charge in [0.25, 0.3) is 0 Å². The normalized spacial score (nSPS) is 13.9. The van der Waals surface area contributed by atoms with Gasteiger partial charge in [-0.05, 0) is 74.1 Å². The van der Waals surface area contributed by atoms with Gasteiger partial charge in [0, 0.05) is 48.0 Å². The smallest absolute Gasteiger partial charge is 0.229 e. The Hall–Kier alpha value is -3.91. The van der Waals surface area contributed by atoms with Crippen LogP contribution in [0.5, 0.6) is 11.5 Å². The van der Waals surface area contributed by atoms with Gasteiger partial charge in [0.2, 0.25) is 5.95 Å². The van der Waals surface area contributed by atoms with Crippen molar-refractivity contribution >= 4 is 33.9 Å². The molecule has 4 aromatic rings. The number of ether oxygens (including phenoxy) is 2. The van der Waals surface area contributed by atoms with E-state index < -0.39 is 0 Å². The first-order chi connectivity index (χ1) is 17.8. The third-order valence-corrected chi connectivity index (χ3v) is 6.31. The van der Waals surface area contributed by atoms with E-state index in [-0.39, 0.29) is 0 Å². The summed E-state index contributed by atoms with van der Waals surface area (Å²) in [6.45, 7) is 4.17. The highest BCUT2D eigenvalue weighted by atomic mass is 16.5. The van der Waals surface area contributed by atoms with Crippen LogP contribution in [-0.4, -0.2) is 53.2 Å². The second-order valence-corrected chi connectivity index (χ2v) is 8.92. The number of rotatable bonds is 10. The largest absolute Gasteiger partial charge is 0.493 e. The first kappa shape index (κ1) is 23.8. The predicted molar refractivity (Wildman–Crippen MR) is 144 cm³/mol. The number of hydrogen-bond donors (Lipinski definition) is 2. The highest BCUT2D eigenvalue weighted by Gasteiger charge is 2.11. The number of nitrogens with one attached hydrogen (secondary N) is 2. The molecule has 0 spiro atoms. The van der Waals surface area contributed by atoms with Gasteiger partial charge < -0.3 is 25.0 Å². The zero-order valence-corrected chi connectivity index (χ0v) is 20.6.